The van der Waals surface area contributed by atoms with Crippen LogP contribution < -0.4 is 0 Å². The summed E-state index contributed by atoms with van der Waals surface area (Å²) in [6.45, 7) is 44.1. The Balaban J connectivity index is 1.69. The average molecular weight is 809 g/mol. The van der Waals surface area contributed by atoms with Crippen molar-refractivity contribution in [2.75, 3.05) is 0 Å². The van der Waals surface area contributed by atoms with E-state index in [1.807, 2.05) is 0 Å². The Bertz CT molecular complexity index is 1900. The number of fused-ring (bicyclic) bond motifs is 8. The Hall–Kier alpha value is -4.96. The summed E-state index contributed by atoms with van der Waals surface area (Å²) >= 11 is 0. The highest BCUT2D eigenvalue weighted by Gasteiger charge is 2.26. The Morgan fingerprint density at radius 3 is 0.500 bits per heavy atom. The normalized spacial score (nSPS) is 15.5. The van der Waals surface area contributed by atoms with Gasteiger partial charge in [-0.15, -0.1) is 0 Å². The molecule has 4 nitrogen and oxygen atoms in total. The molecule has 0 aliphatic heterocycles. The maximum atomic E-state index is 11.9. The molecule has 0 saturated carbocycles. The van der Waals surface area contributed by atoms with E-state index in [4.69, 9.17) is 0 Å². The Morgan fingerprint density at radius 2 is 0.400 bits per heavy atom. The molecule has 1 aliphatic carbocycles. The zero-order chi connectivity index (χ0) is 44.9. The Morgan fingerprint density at radius 1 is 0.283 bits per heavy atom. The molecule has 0 fully saturated rings. The zero-order valence-corrected chi connectivity index (χ0v) is 38.9. The number of hydrogen-bond donors (Lipinski definition) is 4. The third-order valence-electron chi connectivity index (χ3n) is 12.1. The second-order valence-corrected chi connectivity index (χ2v) is 22.0. The zero-order valence-electron chi connectivity index (χ0n) is 38.9. The number of hydrogen-bond acceptors (Lipinski definition) is 4. The lowest BCUT2D eigenvalue weighted by Crippen LogP contribution is -2.14. The first-order chi connectivity index (χ1) is 27.5. The van der Waals surface area contributed by atoms with Crippen molar-refractivity contribution in [2.24, 2.45) is 0 Å². The van der Waals surface area contributed by atoms with E-state index < -0.39 is 0 Å². The highest BCUT2D eigenvalue weighted by Crippen LogP contribution is 2.40. The molecule has 0 saturated heterocycles. The fourth-order valence-corrected chi connectivity index (χ4v) is 8.25. The van der Waals surface area contributed by atoms with Crippen LogP contribution in [0.3, 0.4) is 0 Å². The van der Waals surface area contributed by atoms with Crippen LogP contribution in [0.1, 0.15) is 150 Å². The van der Waals surface area contributed by atoms with Crippen LogP contribution in [0.2, 0.25) is 0 Å². The molecule has 4 N–H and O–H groups in total. The minimum atomic E-state index is -0.179. The fraction of sp³-hybridized carbons (Fsp3) is 0.429. The first kappa shape index (κ1) is 46.1. The number of allylic oxidation sites excluding steroid dienone is 4. The molecule has 0 unspecified atom stereocenters. The van der Waals surface area contributed by atoms with Crippen LogP contribution in [0.15, 0.2) is 97.1 Å². The molecule has 4 aromatic carbocycles. The van der Waals surface area contributed by atoms with Crippen molar-refractivity contribution in [3.05, 3.63) is 164 Å². The predicted octanol–water partition coefficient (Wildman–Crippen LogP) is 13.4. The summed E-state index contributed by atoms with van der Waals surface area (Å²) in [5.41, 5.74) is 13.5. The smallest absolute Gasteiger partial charge is 0.122 e. The highest BCUT2D eigenvalue weighted by atomic mass is 16.3. The van der Waals surface area contributed by atoms with Crippen LogP contribution in [0.4, 0.5) is 0 Å². The maximum Gasteiger partial charge on any atom is 0.122 e. The van der Waals surface area contributed by atoms with Gasteiger partial charge in [0.05, 0.1) is 0 Å². The van der Waals surface area contributed by atoms with Crippen molar-refractivity contribution in [3.63, 3.8) is 0 Å². The van der Waals surface area contributed by atoms with Crippen molar-refractivity contribution >= 4 is 0 Å². The molecule has 60 heavy (non-hydrogen) atoms. The first-order valence-corrected chi connectivity index (χ1v) is 21.6. The molecule has 4 aromatic rings. The first-order valence-electron chi connectivity index (χ1n) is 21.6. The van der Waals surface area contributed by atoms with E-state index in [0.717, 1.165) is 89.1 Å². The quantitative estimate of drug-likeness (QED) is 0.133. The van der Waals surface area contributed by atoms with Crippen molar-refractivity contribution in [2.45, 2.75) is 156 Å². The second-order valence-electron chi connectivity index (χ2n) is 22.0. The third kappa shape index (κ3) is 10.9. The van der Waals surface area contributed by atoms with E-state index in [0.29, 0.717) is 51.4 Å². The highest BCUT2D eigenvalue weighted by molar-refractivity contribution is 5.55. The topological polar surface area (TPSA) is 80.9 Å². The van der Waals surface area contributed by atoms with Crippen LogP contribution in [0.25, 0.3) is 0 Å². The molecule has 0 amide bonds. The minimum absolute atomic E-state index is 0.179. The number of phenols is 4. The van der Waals surface area contributed by atoms with Gasteiger partial charge < -0.3 is 20.4 Å². The van der Waals surface area contributed by atoms with Gasteiger partial charge in [-0.3, -0.25) is 0 Å². The van der Waals surface area contributed by atoms with E-state index in [2.05, 4.69) is 158 Å². The molecule has 5 rings (SSSR count). The molecule has 1 aliphatic rings. The molecule has 4 heteroatoms. The average Bonchev–Trinajstić information content (AvgIpc) is 3.09. The molecular formula is C56H72O4. The van der Waals surface area contributed by atoms with Gasteiger partial charge >= 0.3 is 0 Å². The second kappa shape index (κ2) is 16.8. The van der Waals surface area contributed by atoms with E-state index in [9.17, 15) is 20.4 Å². The van der Waals surface area contributed by atoms with Gasteiger partial charge in [-0.05, 0) is 140 Å². The number of aromatic hydroxyl groups is 4. The lowest BCUT2D eigenvalue weighted by atomic mass is 9.80. The van der Waals surface area contributed by atoms with Gasteiger partial charge in [0.15, 0.2) is 0 Å². The van der Waals surface area contributed by atoms with Gasteiger partial charge in [-0.1, -0.05) is 180 Å². The fourth-order valence-electron chi connectivity index (χ4n) is 8.25. The number of benzene rings is 4. The summed E-state index contributed by atoms with van der Waals surface area (Å²) in [6, 6.07) is 16.7. The van der Waals surface area contributed by atoms with E-state index >= 15 is 0 Å². The lowest BCUT2D eigenvalue weighted by Gasteiger charge is -2.25. The summed E-state index contributed by atoms with van der Waals surface area (Å²) in [5, 5.41) is 47.6. The molecule has 0 atom stereocenters. The SMILES string of the molecule is C=C1Cc2cc(C(C)(C)C)cc(c2O)CC(=C)Cc2cc(C(C)(C)C)cc(c2O)CC(=C)Cc2cc(C(C)(C)C)cc(c2O)CC(=C)Cc2cc(C(C)(C)C)cc(c2O)C1. The van der Waals surface area contributed by atoms with Gasteiger partial charge in [-0.25, -0.2) is 0 Å². The van der Waals surface area contributed by atoms with E-state index in [1.54, 1.807) is 0 Å². The third-order valence-corrected chi connectivity index (χ3v) is 12.1. The summed E-state index contributed by atoms with van der Waals surface area (Å²) < 4.78 is 0. The monoisotopic (exact) mass is 809 g/mol. The summed E-state index contributed by atoms with van der Waals surface area (Å²) in [4.78, 5) is 0. The van der Waals surface area contributed by atoms with Crippen molar-refractivity contribution in [3.8, 4) is 23.0 Å². The van der Waals surface area contributed by atoms with E-state index in [1.165, 1.54) is 0 Å². The van der Waals surface area contributed by atoms with Gasteiger partial charge in [0.2, 0.25) is 0 Å². The largest absolute Gasteiger partial charge is 0.507 e. The van der Waals surface area contributed by atoms with Crippen LogP contribution in [0, 0.1) is 0 Å². The standard InChI is InChI=1S/C56H72O4/c1-33-17-37-25-45(53(5,6)7)27-39(49(37)57)19-34(2)21-41-29-47(55(11,12)13)31-43(51(41)59)23-36(4)24-44-32-48(56(14,15)16)30-42(52(44)60)22-35(3)20-40-28-46(54(8,9)10)26-38(18-33)50(40)58/h25-32,57-60H,1-4,17-24H2,5-16H3. The maximum absolute atomic E-state index is 11.9. The molecular weight excluding hydrogens is 737 g/mol. The van der Waals surface area contributed by atoms with Crippen LogP contribution >= 0.6 is 0 Å². The predicted molar refractivity (Wildman–Crippen MR) is 253 cm³/mol. The molecule has 8 bridgehead atoms. The van der Waals surface area contributed by atoms with Crippen molar-refractivity contribution in [1.29, 1.82) is 0 Å². The molecule has 0 heterocycles. The van der Waals surface area contributed by atoms with E-state index in [-0.39, 0.29) is 44.7 Å². The van der Waals surface area contributed by atoms with Crippen molar-refractivity contribution in [1.82, 2.24) is 0 Å². The van der Waals surface area contributed by atoms with Crippen LogP contribution in [-0.4, -0.2) is 20.4 Å². The number of rotatable bonds is 0. The lowest BCUT2D eigenvalue weighted by molar-refractivity contribution is 0.458. The van der Waals surface area contributed by atoms with Gasteiger partial charge in [0.1, 0.15) is 23.0 Å². The van der Waals surface area contributed by atoms with Gasteiger partial charge in [-0.2, -0.15) is 0 Å². The van der Waals surface area contributed by atoms with Crippen LogP contribution in [0.5, 0.6) is 23.0 Å². The Labute approximate surface area is 362 Å². The summed E-state index contributed by atoms with van der Waals surface area (Å²) in [6.07, 6.45) is 3.47. The Kier molecular flexibility index (Phi) is 12.9. The molecule has 320 valence electrons. The molecule has 0 aromatic heterocycles. The summed E-state index contributed by atoms with van der Waals surface area (Å²) in [5.74, 6) is 0.926. The van der Waals surface area contributed by atoms with Gasteiger partial charge in [0, 0.05) is 0 Å². The number of phenolic OH excluding ortho intramolecular Hbond substituents is 4. The van der Waals surface area contributed by atoms with Gasteiger partial charge in [0.25, 0.3) is 0 Å². The van der Waals surface area contributed by atoms with Crippen LogP contribution in [-0.2, 0) is 73.0 Å². The molecule has 0 radical (unpaired) electrons. The molecule has 0 spiro atoms. The summed E-state index contributed by atoms with van der Waals surface area (Å²) in [7, 11) is 0. The minimum Gasteiger partial charge on any atom is -0.507 e. The van der Waals surface area contributed by atoms with Crippen molar-refractivity contribution < 1.29 is 20.4 Å².